The molecule has 0 fully saturated rings. The average Bonchev–Trinajstić information content (AvgIpc) is 3.06. The van der Waals surface area contributed by atoms with Crippen molar-refractivity contribution in [2.24, 2.45) is 5.73 Å². The van der Waals surface area contributed by atoms with E-state index in [4.69, 9.17) is 5.73 Å². The van der Waals surface area contributed by atoms with Crippen LogP contribution in [-0.4, -0.2) is 26.6 Å². The summed E-state index contributed by atoms with van der Waals surface area (Å²) in [5.74, 6) is -1.93. The summed E-state index contributed by atoms with van der Waals surface area (Å²) in [5.41, 5.74) is 8.71. The number of anilines is 3. The molecule has 0 aromatic heterocycles. The highest BCUT2D eigenvalue weighted by Crippen LogP contribution is 2.41. The molecule has 160 valence electrons. The number of nitrogens with two attached hydrogens (primary N) is 1. The Morgan fingerprint density at radius 3 is 2.55 bits per heavy atom. The fourth-order valence-electron chi connectivity index (χ4n) is 3.80. The van der Waals surface area contributed by atoms with Crippen LogP contribution in [0.15, 0.2) is 60.7 Å². The van der Waals surface area contributed by atoms with Crippen LogP contribution in [0.1, 0.15) is 5.56 Å². The van der Waals surface area contributed by atoms with Crippen LogP contribution >= 0.6 is 0 Å². The van der Waals surface area contributed by atoms with Crippen LogP contribution in [-0.2, 0) is 21.2 Å². The van der Waals surface area contributed by atoms with Gasteiger partial charge in [0.1, 0.15) is 17.7 Å². The number of halogens is 2. The Kier molecular flexibility index (Phi) is 5.14. The summed E-state index contributed by atoms with van der Waals surface area (Å²) in [6.45, 7) is 0. The van der Waals surface area contributed by atoms with Crippen molar-refractivity contribution < 1.29 is 22.0 Å². The van der Waals surface area contributed by atoms with Crippen molar-refractivity contribution in [2.45, 2.75) is 12.5 Å². The second-order valence-electron chi connectivity index (χ2n) is 7.38. The highest BCUT2D eigenvalue weighted by molar-refractivity contribution is 7.92. The molecule has 1 amide bonds. The van der Waals surface area contributed by atoms with Crippen molar-refractivity contribution in [3.63, 3.8) is 0 Å². The summed E-state index contributed by atoms with van der Waals surface area (Å²) < 4.78 is 53.3. The smallest absolute Gasteiger partial charge is 0.240 e. The van der Waals surface area contributed by atoms with Gasteiger partial charge in [-0.25, -0.2) is 17.2 Å². The number of hydrogen-bond donors (Lipinski definition) is 2. The van der Waals surface area contributed by atoms with Crippen LogP contribution in [0.4, 0.5) is 25.8 Å². The first-order valence-corrected chi connectivity index (χ1v) is 11.3. The lowest BCUT2D eigenvalue weighted by Gasteiger charge is -2.26. The molecule has 1 heterocycles. The number of rotatable bonds is 5. The zero-order chi connectivity index (χ0) is 22.3. The van der Waals surface area contributed by atoms with Gasteiger partial charge in [0.05, 0.1) is 11.9 Å². The first kappa shape index (κ1) is 20.8. The lowest BCUT2D eigenvalue weighted by Crippen LogP contribution is -2.40. The highest BCUT2D eigenvalue weighted by Gasteiger charge is 2.34. The maximum atomic E-state index is 14.3. The second kappa shape index (κ2) is 7.66. The monoisotopic (exact) mass is 443 g/mol. The number of hydrogen-bond acceptors (Lipinski definition) is 4. The highest BCUT2D eigenvalue weighted by atomic mass is 32.2. The van der Waals surface area contributed by atoms with E-state index in [9.17, 15) is 22.0 Å². The molecule has 6 nitrogen and oxygen atoms in total. The van der Waals surface area contributed by atoms with E-state index in [0.29, 0.717) is 29.0 Å². The summed E-state index contributed by atoms with van der Waals surface area (Å²) in [6.07, 6.45) is 1.39. The van der Waals surface area contributed by atoms with Crippen LogP contribution in [0.25, 0.3) is 11.1 Å². The van der Waals surface area contributed by atoms with Crippen molar-refractivity contribution in [2.75, 3.05) is 15.9 Å². The number of benzene rings is 3. The largest absolute Gasteiger partial charge is 0.368 e. The van der Waals surface area contributed by atoms with E-state index < -0.39 is 33.6 Å². The molecule has 0 spiro atoms. The van der Waals surface area contributed by atoms with E-state index in [0.717, 1.165) is 17.9 Å². The number of nitrogens with one attached hydrogen (secondary N) is 1. The third-order valence-electron chi connectivity index (χ3n) is 5.07. The molecule has 0 aliphatic carbocycles. The topological polar surface area (TPSA) is 92.5 Å². The summed E-state index contributed by atoms with van der Waals surface area (Å²) in [6, 6.07) is 14.4. The molecule has 0 saturated carbocycles. The third-order valence-corrected chi connectivity index (χ3v) is 5.67. The van der Waals surface area contributed by atoms with E-state index in [1.54, 1.807) is 47.4 Å². The van der Waals surface area contributed by atoms with Gasteiger partial charge >= 0.3 is 0 Å². The zero-order valence-corrected chi connectivity index (χ0v) is 17.3. The quantitative estimate of drug-likeness (QED) is 0.631. The number of carbonyl (C=O) groups excluding carboxylic acids is 1. The van der Waals surface area contributed by atoms with Crippen LogP contribution in [0.5, 0.6) is 0 Å². The van der Waals surface area contributed by atoms with Gasteiger partial charge in [-0.3, -0.25) is 9.52 Å². The van der Waals surface area contributed by atoms with Gasteiger partial charge in [0.15, 0.2) is 0 Å². The Hall–Kier alpha value is -3.46. The first-order valence-electron chi connectivity index (χ1n) is 9.37. The van der Waals surface area contributed by atoms with Gasteiger partial charge in [-0.15, -0.1) is 0 Å². The van der Waals surface area contributed by atoms with Gasteiger partial charge in [-0.1, -0.05) is 18.2 Å². The lowest BCUT2D eigenvalue weighted by molar-refractivity contribution is -0.119. The molecule has 0 saturated heterocycles. The minimum absolute atomic E-state index is 0.214. The van der Waals surface area contributed by atoms with Gasteiger partial charge in [0.25, 0.3) is 0 Å². The van der Waals surface area contributed by atoms with E-state index in [-0.39, 0.29) is 5.56 Å². The van der Waals surface area contributed by atoms with E-state index in [1.165, 1.54) is 12.1 Å². The van der Waals surface area contributed by atoms with Gasteiger partial charge in [0.2, 0.25) is 15.9 Å². The van der Waals surface area contributed by atoms with Crippen molar-refractivity contribution in [1.82, 2.24) is 0 Å². The van der Waals surface area contributed by atoms with Crippen molar-refractivity contribution in [1.29, 1.82) is 0 Å². The van der Waals surface area contributed by atoms with Crippen molar-refractivity contribution in [3.8, 4) is 11.1 Å². The Morgan fingerprint density at radius 1 is 1.10 bits per heavy atom. The van der Waals surface area contributed by atoms with Crippen molar-refractivity contribution in [3.05, 3.63) is 77.9 Å². The molecule has 9 heteroatoms. The number of carbonyl (C=O) groups is 1. The maximum Gasteiger partial charge on any atom is 0.240 e. The summed E-state index contributed by atoms with van der Waals surface area (Å²) in [7, 11) is -3.49. The first-order chi connectivity index (χ1) is 14.6. The zero-order valence-electron chi connectivity index (χ0n) is 16.5. The fraction of sp³-hybridized carbons (Fsp3) is 0.136. The van der Waals surface area contributed by atoms with Crippen molar-refractivity contribution >= 4 is 33.0 Å². The van der Waals surface area contributed by atoms with E-state index in [2.05, 4.69) is 4.72 Å². The van der Waals surface area contributed by atoms with Gasteiger partial charge in [-0.2, -0.15) is 0 Å². The van der Waals surface area contributed by atoms with Crippen LogP contribution in [0.3, 0.4) is 0 Å². The molecule has 3 N–H and O–H groups in total. The number of fused-ring (bicyclic) bond motifs is 1. The molecule has 3 aromatic rings. The van der Waals surface area contributed by atoms with Gasteiger partial charge in [0, 0.05) is 29.4 Å². The molecule has 0 bridgehead atoms. The normalized spacial score (nSPS) is 15.6. The second-order valence-corrected chi connectivity index (χ2v) is 9.13. The number of amides is 1. The number of primary amides is 1. The molecule has 31 heavy (non-hydrogen) atoms. The molecule has 1 atom stereocenters. The molecular weight excluding hydrogens is 424 g/mol. The minimum atomic E-state index is -3.49. The Balaban J connectivity index is 1.81. The Bertz CT molecular complexity index is 1290. The predicted octanol–water partition coefficient (Wildman–Crippen LogP) is 3.55. The Labute approximate surface area is 178 Å². The van der Waals surface area contributed by atoms with E-state index >= 15 is 0 Å². The van der Waals surface area contributed by atoms with Gasteiger partial charge < -0.3 is 10.6 Å². The van der Waals surface area contributed by atoms with E-state index in [1.807, 2.05) is 0 Å². The van der Waals surface area contributed by atoms with Crippen LogP contribution in [0, 0.1) is 11.6 Å². The summed E-state index contributed by atoms with van der Waals surface area (Å²) in [5, 5.41) is 0. The molecule has 1 aliphatic rings. The molecule has 1 aliphatic heterocycles. The minimum Gasteiger partial charge on any atom is -0.368 e. The third kappa shape index (κ3) is 4.22. The molecule has 3 aromatic carbocycles. The maximum absolute atomic E-state index is 14.3. The van der Waals surface area contributed by atoms with Crippen LogP contribution in [0.2, 0.25) is 0 Å². The summed E-state index contributed by atoms with van der Waals surface area (Å²) in [4.78, 5) is 13.9. The standard InChI is InChI=1S/C22H19F2N3O3S/c1-31(29,30)26-16-7-5-14-10-21(22(25)28)27(20(14)12-16)17-4-2-3-13(9-17)18-8-6-15(23)11-19(18)24/h2-9,11-12,21,26H,10H2,1H3,(H2,25,28). The molecular formula is C22H19F2N3O3S. The average molecular weight is 443 g/mol. The number of sulfonamides is 1. The molecule has 1 unspecified atom stereocenters. The number of nitrogens with zero attached hydrogens (tertiary/aromatic N) is 1. The molecule has 0 radical (unpaired) electrons. The Morgan fingerprint density at radius 2 is 1.87 bits per heavy atom. The van der Waals surface area contributed by atoms with Gasteiger partial charge in [-0.05, 0) is 47.5 Å². The predicted molar refractivity (Wildman–Crippen MR) is 116 cm³/mol. The SMILES string of the molecule is CS(=O)(=O)Nc1ccc2c(c1)N(c1cccc(-c3ccc(F)cc3F)c1)C(C(N)=O)C2. The van der Waals surface area contributed by atoms with Crippen LogP contribution < -0.4 is 15.4 Å². The molecule has 4 rings (SSSR count). The lowest BCUT2D eigenvalue weighted by atomic mass is 10.0. The fourth-order valence-corrected chi connectivity index (χ4v) is 4.35. The summed E-state index contributed by atoms with van der Waals surface area (Å²) >= 11 is 0.